The molecule has 0 atom stereocenters. The van der Waals surface area contributed by atoms with E-state index >= 15 is 0 Å². The summed E-state index contributed by atoms with van der Waals surface area (Å²) in [5.41, 5.74) is 5.87. The van der Waals surface area contributed by atoms with Crippen molar-refractivity contribution < 1.29 is 9.84 Å². The van der Waals surface area contributed by atoms with Gasteiger partial charge in [0.15, 0.2) is 0 Å². The average Bonchev–Trinajstić information content (AvgIpc) is 2.46. The summed E-state index contributed by atoms with van der Waals surface area (Å²) >= 11 is 0. The normalized spacial score (nSPS) is 17.8. The molecule has 2 aromatic rings. The van der Waals surface area contributed by atoms with Crippen molar-refractivity contribution in [2.24, 2.45) is 0 Å². The van der Waals surface area contributed by atoms with Crippen LogP contribution in [0.2, 0.25) is 0 Å². The van der Waals surface area contributed by atoms with E-state index in [2.05, 4.69) is 9.97 Å². The van der Waals surface area contributed by atoms with Gasteiger partial charge in [0, 0.05) is 45.0 Å². The number of likely N-dealkylation sites (N-methyl/N-ethyl adjacent to an activating group) is 1. The molecule has 1 aliphatic heterocycles. The van der Waals surface area contributed by atoms with Gasteiger partial charge in [0.05, 0.1) is 11.1 Å². The molecule has 1 fully saturated rings. The highest BCUT2D eigenvalue weighted by atomic mass is 16.5. The van der Waals surface area contributed by atoms with Crippen molar-refractivity contribution in [1.82, 2.24) is 9.97 Å². The number of anilines is 2. The first-order valence-corrected chi connectivity index (χ1v) is 7.11. The first-order chi connectivity index (χ1) is 10.1. The zero-order valence-electron chi connectivity index (χ0n) is 12.1. The first-order valence-electron chi connectivity index (χ1n) is 7.11. The van der Waals surface area contributed by atoms with Crippen LogP contribution in [0, 0.1) is 0 Å². The Kier molecular flexibility index (Phi) is 3.65. The Hall–Kier alpha value is -1.92. The minimum atomic E-state index is -0.742. The molecule has 0 aliphatic carbocycles. The monoisotopic (exact) mass is 288 g/mol. The van der Waals surface area contributed by atoms with E-state index in [1.54, 1.807) is 0 Å². The number of aromatic nitrogens is 2. The van der Waals surface area contributed by atoms with Crippen LogP contribution in [-0.4, -0.2) is 47.5 Å². The van der Waals surface area contributed by atoms with E-state index in [1.165, 1.54) is 0 Å². The third-order valence-corrected chi connectivity index (χ3v) is 3.92. The van der Waals surface area contributed by atoms with Crippen LogP contribution >= 0.6 is 0 Å². The summed E-state index contributed by atoms with van der Waals surface area (Å²) in [6, 6.07) is 7.75. The number of nitrogens with zero attached hydrogens (tertiary/aromatic N) is 3. The molecule has 0 amide bonds. The van der Waals surface area contributed by atoms with Crippen molar-refractivity contribution in [2.75, 3.05) is 37.4 Å². The van der Waals surface area contributed by atoms with E-state index in [-0.39, 0.29) is 5.95 Å². The number of hydrogen-bond acceptors (Lipinski definition) is 6. The summed E-state index contributed by atoms with van der Waals surface area (Å²) in [7, 11) is 1.92. The Morgan fingerprint density at radius 1 is 1.29 bits per heavy atom. The second-order valence-corrected chi connectivity index (χ2v) is 5.62. The van der Waals surface area contributed by atoms with Crippen molar-refractivity contribution in [3.05, 3.63) is 24.3 Å². The molecule has 1 aromatic carbocycles. The first kappa shape index (κ1) is 14.0. The van der Waals surface area contributed by atoms with Crippen LogP contribution in [0.3, 0.4) is 0 Å². The lowest BCUT2D eigenvalue weighted by molar-refractivity contribution is -0.0573. The largest absolute Gasteiger partial charge is 0.388 e. The fourth-order valence-electron chi connectivity index (χ4n) is 2.79. The molecule has 6 nitrogen and oxygen atoms in total. The number of hydrogen-bond donors (Lipinski definition) is 2. The van der Waals surface area contributed by atoms with Crippen LogP contribution in [0.25, 0.3) is 10.9 Å². The van der Waals surface area contributed by atoms with E-state index in [0.717, 1.165) is 16.7 Å². The van der Waals surface area contributed by atoms with E-state index in [1.807, 2.05) is 36.2 Å². The number of fused-ring (bicyclic) bond motifs is 1. The molecule has 21 heavy (non-hydrogen) atoms. The number of rotatable bonds is 3. The van der Waals surface area contributed by atoms with Crippen LogP contribution in [-0.2, 0) is 4.74 Å². The van der Waals surface area contributed by atoms with Crippen molar-refractivity contribution in [3.8, 4) is 0 Å². The molecule has 0 saturated carbocycles. The van der Waals surface area contributed by atoms with E-state index < -0.39 is 5.60 Å². The number of nitrogen functional groups attached to an aromatic ring is 1. The maximum Gasteiger partial charge on any atom is 0.222 e. The third-order valence-electron chi connectivity index (χ3n) is 3.92. The molecule has 3 N–H and O–H groups in total. The van der Waals surface area contributed by atoms with Crippen LogP contribution in [0.1, 0.15) is 12.8 Å². The third kappa shape index (κ3) is 2.91. The quantitative estimate of drug-likeness (QED) is 0.882. The summed E-state index contributed by atoms with van der Waals surface area (Å²) in [5, 5.41) is 11.6. The van der Waals surface area contributed by atoms with Crippen LogP contribution in [0.15, 0.2) is 24.3 Å². The smallest absolute Gasteiger partial charge is 0.222 e. The Morgan fingerprint density at radius 3 is 2.76 bits per heavy atom. The van der Waals surface area contributed by atoms with Crippen LogP contribution in [0.4, 0.5) is 11.8 Å². The molecule has 112 valence electrons. The lowest BCUT2D eigenvalue weighted by atomic mass is 9.94. The minimum absolute atomic E-state index is 0.245. The second kappa shape index (κ2) is 5.46. The lowest BCUT2D eigenvalue weighted by Gasteiger charge is -2.36. The summed E-state index contributed by atoms with van der Waals surface area (Å²) < 4.78 is 5.32. The molecule has 0 unspecified atom stereocenters. The van der Waals surface area contributed by atoms with Crippen molar-refractivity contribution in [2.45, 2.75) is 18.4 Å². The van der Waals surface area contributed by atoms with Crippen LogP contribution in [0.5, 0.6) is 0 Å². The molecular formula is C15H20N4O2. The van der Waals surface area contributed by atoms with Crippen LogP contribution < -0.4 is 10.6 Å². The van der Waals surface area contributed by atoms with Gasteiger partial charge in [-0.1, -0.05) is 12.1 Å². The van der Waals surface area contributed by atoms with E-state index in [9.17, 15) is 5.11 Å². The van der Waals surface area contributed by atoms with Gasteiger partial charge in [0.1, 0.15) is 5.82 Å². The highest BCUT2D eigenvalue weighted by Gasteiger charge is 2.31. The average molecular weight is 288 g/mol. The maximum atomic E-state index is 10.6. The zero-order chi connectivity index (χ0) is 14.9. The van der Waals surface area contributed by atoms with E-state index in [0.29, 0.717) is 32.6 Å². The van der Waals surface area contributed by atoms with Gasteiger partial charge in [-0.05, 0) is 12.1 Å². The Labute approximate surface area is 123 Å². The van der Waals surface area contributed by atoms with Gasteiger partial charge in [0.25, 0.3) is 0 Å². The van der Waals surface area contributed by atoms with Gasteiger partial charge in [-0.15, -0.1) is 0 Å². The fraction of sp³-hybridized carbons (Fsp3) is 0.467. The van der Waals surface area contributed by atoms with E-state index in [4.69, 9.17) is 10.5 Å². The fourth-order valence-corrected chi connectivity index (χ4v) is 2.79. The Balaban J connectivity index is 1.92. The van der Waals surface area contributed by atoms with Gasteiger partial charge in [-0.2, -0.15) is 4.98 Å². The molecule has 3 rings (SSSR count). The molecule has 1 saturated heterocycles. The molecule has 6 heteroatoms. The number of ether oxygens (including phenoxy) is 1. The zero-order valence-corrected chi connectivity index (χ0v) is 12.1. The molecule has 0 spiro atoms. The molecule has 1 aromatic heterocycles. The SMILES string of the molecule is CN(CC1(O)CCOCC1)c1nc(N)nc2ccccc12. The standard InChI is InChI=1S/C15H20N4O2/c1-19(10-15(20)6-8-21-9-7-15)13-11-4-2-3-5-12(11)17-14(16)18-13/h2-5,20H,6-10H2,1H3,(H2,16,17,18). The van der Waals surface area contributed by atoms with Gasteiger partial charge >= 0.3 is 0 Å². The van der Waals surface area contributed by atoms with Gasteiger partial charge in [0.2, 0.25) is 5.95 Å². The van der Waals surface area contributed by atoms with Crippen molar-refractivity contribution >= 4 is 22.7 Å². The summed E-state index contributed by atoms with van der Waals surface area (Å²) in [6.07, 6.45) is 1.27. The number of benzene rings is 1. The molecular weight excluding hydrogens is 268 g/mol. The number of nitrogens with two attached hydrogens (primary N) is 1. The lowest BCUT2D eigenvalue weighted by Crippen LogP contribution is -2.46. The topological polar surface area (TPSA) is 84.5 Å². The Bertz CT molecular complexity index is 641. The molecule has 2 heterocycles. The number of aliphatic hydroxyl groups is 1. The minimum Gasteiger partial charge on any atom is -0.388 e. The second-order valence-electron chi connectivity index (χ2n) is 5.62. The molecule has 0 bridgehead atoms. The molecule has 1 aliphatic rings. The number of para-hydroxylation sites is 1. The highest BCUT2D eigenvalue weighted by molar-refractivity contribution is 5.90. The Morgan fingerprint density at radius 2 is 2.00 bits per heavy atom. The predicted octanol–water partition coefficient (Wildman–Crippen LogP) is 1.19. The summed E-state index contributed by atoms with van der Waals surface area (Å²) in [6.45, 7) is 1.69. The maximum absolute atomic E-state index is 10.6. The summed E-state index contributed by atoms with van der Waals surface area (Å²) in [4.78, 5) is 10.5. The molecule has 0 radical (unpaired) electrons. The van der Waals surface area contributed by atoms with Gasteiger partial charge in [-0.25, -0.2) is 4.98 Å². The van der Waals surface area contributed by atoms with Crippen molar-refractivity contribution in [3.63, 3.8) is 0 Å². The predicted molar refractivity (Wildman–Crippen MR) is 82.2 cm³/mol. The highest BCUT2D eigenvalue weighted by Crippen LogP contribution is 2.27. The van der Waals surface area contributed by atoms with Gasteiger partial charge < -0.3 is 20.5 Å². The van der Waals surface area contributed by atoms with Crippen molar-refractivity contribution in [1.29, 1.82) is 0 Å². The summed E-state index contributed by atoms with van der Waals surface area (Å²) in [5.74, 6) is 0.993. The van der Waals surface area contributed by atoms with Gasteiger partial charge in [-0.3, -0.25) is 0 Å².